The van der Waals surface area contributed by atoms with E-state index in [1.807, 2.05) is 42.5 Å². The maximum atomic E-state index is 13.9. The second-order valence-electron chi connectivity index (χ2n) is 10.1. The molecule has 2 heterocycles. The minimum atomic E-state index is -1.61. The van der Waals surface area contributed by atoms with Gasteiger partial charge >= 0.3 is 0 Å². The van der Waals surface area contributed by atoms with Crippen LogP contribution in [0.15, 0.2) is 83.6 Å². The zero-order valence-electron chi connectivity index (χ0n) is 23.4. The highest BCUT2D eigenvalue weighted by molar-refractivity contribution is 9.10. The molecule has 208 valence electrons. The van der Waals surface area contributed by atoms with Gasteiger partial charge in [-0.1, -0.05) is 47.7 Å². The molecule has 0 saturated heterocycles. The predicted octanol–water partition coefficient (Wildman–Crippen LogP) is 7.59. The molecule has 1 aliphatic rings. The van der Waals surface area contributed by atoms with Gasteiger partial charge in [-0.2, -0.15) is 10.5 Å². The first-order valence-electron chi connectivity index (χ1n) is 14.1. The van der Waals surface area contributed by atoms with Gasteiger partial charge in [0.15, 0.2) is 0 Å². The molecule has 8 nitrogen and oxygen atoms in total. The smallest absolute Gasteiger partial charge is 0.123 e. The van der Waals surface area contributed by atoms with Crippen LogP contribution in [0.5, 0.6) is 0 Å². The largest absolute Gasteiger partial charge is 0.377 e. The first-order chi connectivity index (χ1) is 20.9. The Morgan fingerprint density at radius 1 is 1.07 bits per heavy atom. The zero-order valence-corrected chi connectivity index (χ0v) is 24.0. The van der Waals surface area contributed by atoms with Crippen molar-refractivity contribution in [2.45, 2.75) is 43.8 Å². The second kappa shape index (κ2) is 12.0. The number of fused-ring (bicyclic) bond motifs is 1. The summed E-state index contributed by atoms with van der Waals surface area (Å²) in [5.74, 6) is -0.406. The van der Waals surface area contributed by atoms with E-state index in [9.17, 15) is 16.3 Å². The van der Waals surface area contributed by atoms with E-state index in [1.165, 1.54) is 18.3 Å². The fourth-order valence-corrected chi connectivity index (χ4v) is 5.48. The molecule has 0 radical (unpaired) electrons. The number of nitrogens with one attached hydrogen (secondary N) is 2. The number of hydrogen-bond donors (Lipinski definition) is 2. The zero-order chi connectivity index (χ0) is 30.0. The Balaban J connectivity index is 1.45. The van der Waals surface area contributed by atoms with E-state index in [2.05, 4.69) is 54.0 Å². The van der Waals surface area contributed by atoms with Crippen molar-refractivity contribution in [1.29, 1.82) is 10.5 Å². The Morgan fingerprint density at radius 2 is 1.86 bits per heavy atom. The summed E-state index contributed by atoms with van der Waals surface area (Å²) in [5, 5.41) is 35.5. The van der Waals surface area contributed by atoms with Crippen molar-refractivity contribution in [2.75, 3.05) is 10.6 Å². The average Bonchev–Trinajstić information content (AvgIpc) is 3.75. The van der Waals surface area contributed by atoms with Crippen LogP contribution in [-0.4, -0.2) is 20.0 Å². The van der Waals surface area contributed by atoms with Crippen molar-refractivity contribution in [3.05, 3.63) is 112 Å². The van der Waals surface area contributed by atoms with Gasteiger partial charge in [-0.25, -0.2) is 9.07 Å². The number of benzene rings is 3. The first kappa shape index (κ1) is 26.1. The van der Waals surface area contributed by atoms with Crippen molar-refractivity contribution in [3.63, 3.8) is 0 Å². The lowest BCUT2D eigenvalue weighted by Crippen LogP contribution is -2.14. The lowest BCUT2D eigenvalue weighted by atomic mass is 10.00. The van der Waals surface area contributed by atoms with Crippen LogP contribution in [0.25, 0.3) is 10.9 Å². The molecule has 1 unspecified atom stereocenters. The fourth-order valence-electron chi connectivity index (χ4n) is 4.92. The number of nitriles is 2. The average molecular weight is 623 g/mol. The van der Waals surface area contributed by atoms with Gasteiger partial charge in [-0.3, -0.25) is 4.98 Å². The summed E-state index contributed by atoms with van der Waals surface area (Å²) in [6.45, 7) is 0. The molecule has 6 rings (SSSR count). The summed E-state index contributed by atoms with van der Waals surface area (Å²) < 4.78 is 25.9. The standard InChI is InChI=1S/C32H26BrFN8/c33-27-16-24(38-31(21-8-10-23(34)11-9-21)29-19-42(41-40-29)25-12-13-25)15-26-30(22(17-36)18-37-32(26)27)39-28(7-4-14-35)20-5-2-1-3-6-20/h1-3,5-6,8-11,15-16,18-19,25,28,31,38H,4,7,12-13H2,(H,37,39)/t28-,31?/m1/s1/i31D. The van der Waals surface area contributed by atoms with Gasteiger partial charge < -0.3 is 10.6 Å². The first-order valence-corrected chi connectivity index (χ1v) is 14.4. The van der Waals surface area contributed by atoms with E-state index < -0.39 is 11.8 Å². The van der Waals surface area contributed by atoms with E-state index in [0.29, 0.717) is 56.4 Å². The quantitative estimate of drug-likeness (QED) is 0.165. The highest BCUT2D eigenvalue weighted by atomic mass is 79.9. The van der Waals surface area contributed by atoms with E-state index >= 15 is 0 Å². The molecule has 2 N–H and O–H groups in total. The van der Waals surface area contributed by atoms with Crippen LogP contribution in [0, 0.1) is 28.5 Å². The molecule has 0 spiro atoms. The third-order valence-corrected chi connectivity index (χ3v) is 7.80. The van der Waals surface area contributed by atoms with Crippen LogP contribution in [0.4, 0.5) is 15.8 Å². The molecule has 2 atom stereocenters. The molecule has 42 heavy (non-hydrogen) atoms. The van der Waals surface area contributed by atoms with Gasteiger partial charge in [0.1, 0.15) is 17.6 Å². The van der Waals surface area contributed by atoms with Crippen molar-refractivity contribution >= 4 is 38.2 Å². The molecule has 3 aromatic carbocycles. The number of rotatable bonds is 10. The third-order valence-electron chi connectivity index (χ3n) is 7.20. The molecule has 0 amide bonds. The fraction of sp³-hybridized carbons (Fsp3) is 0.219. The van der Waals surface area contributed by atoms with Crippen LogP contribution >= 0.6 is 15.9 Å². The summed E-state index contributed by atoms with van der Waals surface area (Å²) in [7, 11) is 0. The Morgan fingerprint density at radius 3 is 2.57 bits per heavy atom. The number of hydrogen-bond acceptors (Lipinski definition) is 7. The highest BCUT2D eigenvalue weighted by Crippen LogP contribution is 2.38. The molecule has 5 aromatic rings. The highest BCUT2D eigenvalue weighted by Gasteiger charge is 2.27. The predicted molar refractivity (Wildman–Crippen MR) is 162 cm³/mol. The lowest BCUT2D eigenvalue weighted by molar-refractivity contribution is 0.610. The van der Waals surface area contributed by atoms with Crippen LogP contribution in [0.3, 0.4) is 0 Å². The van der Waals surface area contributed by atoms with E-state index in [4.69, 9.17) is 0 Å². The van der Waals surface area contributed by atoms with Crippen LogP contribution in [-0.2, 0) is 0 Å². The summed E-state index contributed by atoms with van der Waals surface area (Å²) in [6.07, 6.45) is 6.17. The summed E-state index contributed by atoms with van der Waals surface area (Å²) in [6, 6.07) is 22.1. The van der Waals surface area contributed by atoms with Crippen LogP contribution in [0.2, 0.25) is 0 Å². The topological polar surface area (TPSA) is 115 Å². The number of anilines is 2. The Hall–Kier alpha value is -4.80. The number of aromatic nitrogens is 4. The molecule has 1 saturated carbocycles. The van der Waals surface area contributed by atoms with Gasteiger partial charge in [0.05, 0.1) is 48.5 Å². The number of pyridine rings is 1. The second-order valence-corrected chi connectivity index (χ2v) is 11.0. The van der Waals surface area contributed by atoms with Gasteiger partial charge in [-0.05, 0) is 70.6 Å². The minimum Gasteiger partial charge on any atom is -0.377 e. The molecule has 1 aliphatic carbocycles. The van der Waals surface area contributed by atoms with Crippen molar-refractivity contribution < 1.29 is 5.76 Å². The molecule has 0 bridgehead atoms. The maximum absolute atomic E-state index is 13.9. The van der Waals surface area contributed by atoms with Gasteiger partial charge in [-0.15, -0.1) is 5.10 Å². The normalized spacial score (nSPS) is 15.2. The molecule has 1 fully saturated rings. The van der Waals surface area contributed by atoms with Crippen LogP contribution < -0.4 is 10.6 Å². The molecular weight excluding hydrogens is 595 g/mol. The maximum Gasteiger partial charge on any atom is 0.123 e. The summed E-state index contributed by atoms with van der Waals surface area (Å²) in [4.78, 5) is 4.54. The van der Waals surface area contributed by atoms with Gasteiger partial charge in [0.25, 0.3) is 0 Å². The summed E-state index contributed by atoms with van der Waals surface area (Å²) >= 11 is 3.64. The third kappa shape index (κ3) is 5.81. The van der Waals surface area contributed by atoms with Gasteiger partial charge in [0.2, 0.25) is 0 Å². The minimum absolute atomic E-state index is 0.235. The molecular formula is C32H26BrFN8. The van der Waals surface area contributed by atoms with E-state index in [-0.39, 0.29) is 12.1 Å². The van der Waals surface area contributed by atoms with Gasteiger partial charge in [0, 0.05) is 28.2 Å². The monoisotopic (exact) mass is 621 g/mol. The molecule has 0 aliphatic heterocycles. The molecule has 2 aromatic heterocycles. The van der Waals surface area contributed by atoms with E-state index in [0.717, 1.165) is 18.4 Å². The SMILES string of the molecule is [2H]C(Nc1cc(Br)c2ncc(C#N)c(N[C@H](CCC#N)c3ccccc3)c2c1)(c1ccc(F)cc1)c1cn(C2CC2)nn1. The van der Waals surface area contributed by atoms with Crippen LogP contribution in [0.1, 0.15) is 67.5 Å². The van der Waals surface area contributed by atoms with Crippen molar-refractivity contribution in [3.8, 4) is 12.1 Å². The van der Waals surface area contributed by atoms with E-state index in [1.54, 1.807) is 23.0 Å². The molecule has 10 heteroatoms. The number of nitrogens with zero attached hydrogens (tertiary/aromatic N) is 6. The Kier molecular flexibility index (Phi) is 7.45. The Bertz CT molecular complexity index is 1860. The van der Waals surface area contributed by atoms with Crippen molar-refractivity contribution in [1.82, 2.24) is 20.0 Å². The summed E-state index contributed by atoms with van der Waals surface area (Å²) in [5.41, 5.74) is 3.92. The number of halogens is 2. The lowest BCUT2D eigenvalue weighted by Gasteiger charge is -2.23. The van der Waals surface area contributed by atoms with Crippen molar-refractivity contribution in [2.24, 2.45) is 0 Å². The Labute approximate surface area is 252 Å².